The Morgan fingerprint density at radius 3 is 2.65 bits per heavy atom. The lowest BCUT2D eigenvalue weighted by molar-refractivity contribution is -0.384. The van der Waals surface area contributed by atoms with Gasteiger partial charge in [-0.2, -0.15) is 0 Å². The minimum Gasteiger partial charge on any atom is -0.482 e. The Hall–Kier alpha value is -1.87. The molecular weight excluding hydrogens is 384 g/mol. The fourth-order valence-electron chi connectivity index (χ4n) is 2.81. The van der Waals surface area contributed by atoms with E-state index in [0.717, 1.165) is 6.07 Å². The van der Waals surface area contributed by atoms with Gasteiger partial charge in [-0.3, -0.25) is 14.9 Å². The summed E-state index contributed by atoms with van der Waals surface area (Å²) < 4.78 is 28.9. The van der Waals surface area contributed by atoms with Crippen LogP contribution >= 0.6 is 11.6 Å². The van der Waals surface area contributed by atoms with E-state index >= 15 is 0 Å². The first-order chi connectivity index (χ1) is 12.1. The van der Waals surface area contributed by atoms with Crippen LogP contribution in [0.3, 0.4) is 0 Å². The monoisotopic (exact) mass is 404 g/mol. The fourth-order valence-corrected chi connectivity index (χ4v) is 4.77. The molecule has 0 bridgehead atoms. The van der Waals surface area contributed by atoms with E-state index in [1.54, 1.807) is 4.90 Å². The molecule has 1 amide bonds. The number of hydrogen-bond acceptors (Lipinski definition) is 6. The van der Waals surface area contributed by atoms with Gasteiger partial charge in [0.25, 0.3) is 11.6 Å². The maximum absolute atomic E-state index is 12.6. The Labute approximate surface area is 157 Å². The van der Waals surface area contributed by atoms with Gasteiger partial charge in [0.15, 0.2) is 16.4 Å². The van der Waals surface area contributed by atoms with Gasteiger partial charge in [-0.15, -0.1) is 0 Å². The van der Waals surface area contributed by atoms with Crippen LogP contribution < -0.4 is 4.74 Å². The van der Waals surface area contributed by atoms with Crippen LogP contribution in [0.25, 0.3) is 0 Å². The molecule has 0 aromatic heterocycles. The molecule has 1 aromatic carbocycles. The number of nitro groups is 1. The first kappa shape index (κ1) is 20.4. The summed E-state index contributed by atoms with van der Waals surface area (Å²) in [6.45, 7) is 3.99. The summed E-state index contributed by atoms with van der Waals surface area (Å²) in [5, 5.41) is 10.8. The summed E-state index contributed by atoms with van der Waals surface area (Å²) in [4.78, 5) is 24.3. The Bertz CT molecular complexity index is 796. The van der Waals surface area contributed by atoms with Gasteiger partial charge < -0.3 is 9.64 Å². The second-order valence-electron chi connectivity index (χ2n) is 6.66. The summed E-state index contributed by atoms with van der Waals surface area (Å²) in [6, 6.07) is 3.36. The van der Waals surface area contributed by atoms with E-state index in [-0.39, 0.29) is 52.4 Å². The van der Waals surface area contributed by atoms with Crippen molar-refractivity contribution in [1.29, 1.82) is 0 Å². The van der Waals surface area contributed by atoms with E-state index in [9.17, 15) is 23.3 Å². The number of halogens is 1. The van der Waals surface area contributed by atoms with Crippen LogP contribution in [0.1, 0.15) is 20.3 Å². The molecule has 1 aromatic rings. The molecule has 0 N–H and O–H groups in total. The molecule has 0 unspecified atom stereocenters. The first-order valence-corrected chi connectivity index (χ1v) is 10.4. The van der Waals surface area contributed by atoms with E-state index in [1.165, 1.54) is 12.1 Å². The molecule has 1 aliphatic heterocycles. The molecule has 1 atom stereocenters. The highest BCUT2D eigenvalue weighted by Crippen LogP contribution is 2.29. The number of non-ortho nitro benzene ring substituents is 1. The molecule has 0 spiro atoms. The van der Waals surface area contributed by atoms with Crippen LogP contribution in [0, 0.1) is 16.0 Å². The topological polar surface area (TPSA) is 107 Å². The minimum atomic E-state index is -3.12. The zero-order valence-corrected chi connectivity index (χ0v) is 16.1. The van der Waals surface area contributed by atoms with Gasteiger partial charge in [0.2, 0.25) is 0 Å². The van der Waals surface area contributed by atoms with E-state index in [1.807, 2.05) is 13.8 Å². The zero-order chi connectivity index (χ0) is 19.5. The molecule has 1 fully saturated rings. The largest absolute Gasteiger partial charge is 0.482 e. The lowest BCUT2D eigenvalue weighted by atomic mass is 10.1. The number of nitrogens with zero attached hydrogens (tertiary/aromatic N) is 2. The number of carbonyl (C=O) groups excluding carboxylic acids is 1. The summed E-state index contributed by atoms with van der Waals surface area (Å²) in [5.41, 5.74) is -0.175. The average molecular weight is 405 g/mol. The van der Waals surface area contributed by atoms with Gasteiger partial charge in [0.05, 0.1) is 21.5 Å². The quantitative estimate of drug-likeness (QED) is 0.509. The average Bonchev–Trinajstić information content (AvgIpc) is 2.90. The number of ether oxygens (including phenoxy) is 1. The maximum Gasteiger partial charge on any atom is 0.271 e. The van der Waals surface area contributed by atoms with Crippen LogP contribution in [-0.2, 0) is 14.6 Å². The predicted molar refractivity (Wildman–Crippen MR) is 97.2 cm³/mol. The summed E-state index contributed by atoms with van der Waals surface area (Å²) >= 11 is 5.95. The number of sulfone groups is 1. The highest BCUT2D eigenvalue weighted by atomic mass is 35.5. The molecule has 0 saturated carbocycles. The molecular formula is C16H21ClN2O6S. The van der Waals surface area contributed by atoms with Gasteiger partial charge in [0.1, 0.15) is 5.75 Å². The van der Waals surface area contributed by atoms with Crippen LogP contribution in [0.5, 0.6) is 5.75 Å². The molecule has 8 nitrogen and oxygen atoms in total. The molecule has 0 radical (unpaired) electrons. The van der Waals surface area contributed by atoms with Crippen molar-refractivity contribution in [2.24, 2.45) is 5.92 Å². The minimum absolute atomic E-state index is 0.0332. The molecule has 1 saturated heterocycles. The number of nitro benzene ring substituents is 1. The van der Waals surface area contributed by atoms with Crippen molar-refractivity contribution >= 4 is 33.0 Å². The Morgan fingerprint density at radius 1 is 1.46 bits per heavy atom. The second kappa shape index (κ2) is 8.22. The van der Waals surface area contributed by atoms with E-state index < -0.39 is 14.8 Å². The van der Waals surface area contributed by atoms with Crippen molar-refractivity contribution in [1.82, 2.24) is 4.90 Å². The van der Waals surface area contributed by atoms with Gasteiger partial charge in [-0.1, -0.05) is 25.4 Å². The SMILES string of the molecule is CC(C)CN(C(=O)COc1ccc([N+](=O)[O-])cc1Cl)[C@@H]1CCS(=O)(=O)C1. The fraction of sp³-hybridized carbons (Fsp3) is 0.562. The molecule has 10 heteroatoms. The van der Waals surface area contributed by atoms with Crippen molar-refractivity contribution < 1.29 is 22.9 Å². The molecule has 144 valence electrons. The van der Waals surface area contributed by atoms with Crippen molar-refractivity contribution in [2.75, 3.05) is 24.7 Å². The standard InChI is InChI=1S/C16H21ClN2O6S/c1-11(2)8-18(13-5-6-26(23,24)10-13)16(20)9-25-15-4-3-12(19(21)22)7-14(15)17/h3-4,7,11,13H,5-6,8-10H2,1-2H3/t13-/m1/s1. The van der Waals surface area contributed by atoms with E-state index in [4.69, 9.17) is 16.3 Å². The number of rotatable bonds is 7. The summed E-state index contributed by atoms with van der Waals surface area (Å²) in [7, 11) is -3.12. The Kier molecular flexibility index (Phi) is 6.46. The number of carbonyl (C=O) groups is 1. The van der Waals surface area contributed by atoms with Crippen LogP contribution in [0.15, 0.2) is 18.2 Å². The molecule has 0 aliphatic carbocycles. The molecule has 1 aliphatic rings. The van der Waals surface area contributed by atoms with Crippen molar-refractivity contribution in [3.05, 3.63) is 33.3 Å². The third-order valence-electron chi connectivity index (χ3n) is 4.01. The van der Waals surface area contributed by atoms with Crippen LogP contribution in [0.4, 0.5) is 5.69 Å². The number of hydrogen-bond donors (Lipinski definition) is 0. The highest BCUT2D eigenvalue weighted by molar-refractivity contribution is 7.91. The first-order valence-electron chi connectivity index (χ1n) is 8.15. The number of benzene rings is 1. The van der Waals surface area contributed by atoms with Crippen molar-refractivity contribution in [2.45, 2.75) is 26.3 Å². The Balaban J connectivity index is 2.06. The van der Waals surface area contributed by atoms with E-state index in [2.05, 4.69) is 0 Å². The zero-order valence-electron chi connectivity index (χ0n) is 14.6. The Morgan fingerprint density at radius 2 is 2.15 bits per heavy atom. The maximum atomic E-state index is 12.6. The second-order valence-corrected chi connectivity index (χ2v) is 9.29. The van der Waals surface area contributed by atoms with Gasteiger partial charge in [0, 0.05) is 24.7 Å². The van der Waals surface area contributed by atoms with Gasteiger partial charge in [-0.05, 0) is 18.4 Å². The van der Waals surface area contributed by atoms with Crippen molar-refractivity contribution in [3.63, 3.8) is 0 Å². The summed E-state index contributed by atoms with van der Waals surface area (Å²) in [6.07, 6.45) is 0.416. The van der Waals surface area contributed by atoms with E-state index in [0.29, 0.717) is 13.0 Å². The molecule has 26 heavy (non-hydrogen) atoms. The highest BCUT2D eigenvalue weighted by Gasteiger charge is 2.35. The van der Waals surface area contributed by atoms with Gasteiger partial charge in [-0.25, -0.2) is 8.42 Å². The number of amides is 1. The van der Waals surface area contributed by atoms with Crippen molar-refractivity contribution in [3.8, 4) is 5.75 Å². The molecule has 1 heterocycles. The normalized spacial score (nSPS) is 18.7. The summed E-state index contributed by atoms with van der Waals surface area (Å²) in [5.74, 6) is 0.0350. The smallest absolute Gasteiger partial charge is 0.271 e. The third kappa shape index (κ3) is 5.31. The lowest BCUT2D eigenvalue weighted by Crippen LogP contribution is -2.45. The van der Waals surface area contributed by atoms with Crippen LogP contribution in [-0.4, -0.2) is 54.8 Å². The van der Waals surface area contributed by atoms with Crippen LogP contribution in [0.2, 0.25) is 5.02 Å². The predicted octanol–water partition coefficient (Wildman–Crippen LogP) is 2.30. The third-order valence-corrected chi connectivity index (χ3v) is 6.05. The lowest BCUT2D eigenvalue weighted by Gasteiger charge is -2.30. The molecule has 2 rings (SSSR count). The van der Waals surface area contributed by atoms with Gasteiger partial charge >= 0.3 is 0 Å².